The third kappa shape index (κ3) is 4.32. The smallest absolute Gasteiger partial charge is 0.329 e. The zero-order valence-corrected chi connectivity index (χ0v) is 12.0. The molecule has 0 radical (unpaired) electrons. The van der Waals surface area contributed by atoms with E-state index in [-0.39, 0.29) is 5.75 Å². The van der Waals surface area contributed by atoms with Gasteiger partial charge in [-0.25, -0.2) is 5.43 Å². The average molecular weight is 318 g/mol. The van der Waals surface area contributed by atoms with Crippen LogP contribution in [0.1, 0.15) is 5.56 Å². The molecule has 2 aromatic rings. The highest BCUT2D eigenvalue weighted by Crippen LogP contribution is 2.20. The van der Waals surface area contributed by atoms with Gasteiger partial charge in [-0.1, -0.05) is 35.9 Å². The maximum atomic E-state index is 11.7. The molecule has 7 heteroatoms. The summed E-state index contributed by atoms with van der Waals surface area (Å²) >= 11 is 5.87. The number of benzene rings is 2. The lowest BCUT2D eigenvalue weighted by molar-refractivity contribution is -0.136. The molecule has 0 atom stereocenters. The highest BCUT2D eigenvalue weighted by molar-refractivity contribution is 6.41. The van der Waals surface area contributed by atoms with E-state index in [1.165, 1.54) is 18.3 Å². The van der Waals surface area contributed by atoms with Crippen molar-refractivity contribution in [3.63, 3.8) is 0 Å². The van der Waals surface area contributed by atoms with Gasteiger partial charge in [-0.3, -0.25) is 9.59 Å². The number of phenolic OH excluding ortho intramolecular Hbond substituents is 1. The van der Waals surface area contributed by atoms with Crippen molar-refractivity contribution in [2.45, 2.75) is 0 Å². The molecule has 0 saturated heterocycles. The van der Waals surface area contributed by atoms with E-state index in [1.54, 1.807) is 36.4 Å². The van der Waals surface area contributed by atoms with Crippen LogP contribution in [0, 0.1) is 0 Å². The maximum Gasteiger partial charge on any atom is 0.329 e. The number of hydrogen-bond donors (Lipinski definition) is 3. The van der Waals surface area contributed by atoms with Crippen LogP contribution in [-0.4, -0.2) is 23.1 Å². The van der Waals surface area contributed by atoms with Crippen molar-refractivity contribution in [2.24, 2.45) is 5.10 Å². The molecule has 0 spiro atoms. The molecule has 0 heterocycles. The summed E-state index contributed by atoms with van der Waals surface area (Å²) in [7, 11) is 0. The SMILES string of the molecule is O=C(N/N=C/c1cccc(O)c1)C(=O)Nc1ccccc1Cl. The number of carbonyl (C=O) groups is 2. The van der Waals surface area contributed by atoms with Crippen molar-refractivity contribution < 1.29 is 14.7 Å². The molecule has 0 aliphatic rings. The summed E-state index contributed by atoms with van der Waals surface area (Å²) in [4.78, 5) is 23.3. The van der Waals surface area contributed by atoms with Crippen LogP contribution in [0.5, 0.6) is 5.75 Å². The number of phenols is 1. The number of aromatic hydroxyl groups is 1. The predicted octanol–water partition coefficient (Wildman–Crippen LogP) is 2.13. The number of hydrogen-bond acceptors (Lipinski definition) is 4. The number of carbonyl (C=O) groups excluding carboxylic acids is 2. The zero-order chi connectivity index (χ0) is 15.9. The summed E-state index contributed by atoms with van der Waals surface area (Å²) in [5, 5.41) is 15.6. The Kier molecular flexibility index (Phi) is 5.11. The van der Waals surface area contributed by atoms with Crippen molar-refractivity contribution in [3.05, 3.63) is 59.1 Å². The monoisotopic (exact) mass is 317 g/mol. The number of para-hydroxylation sites is 1. The first kappa shape index (κ1) is 15.5. The van der Waals surface area contributed by atoms with Crippen LogP contribution in [0.2, 0.25) is 5.02 Å². The molecular formula is C15H12ClN3O3. The number of halogens is 1. The van der Waals surface area contributed by atoms with Crippen LogP contribution < -0.4 is 10.7 Å². The van der Waals surface area contributed by atoms with Crippen LogP contribution in [0.4, 0.5) is 5.69 Å². The summed E-state index contributed by atoms with van der Waals surface area (Å²) in [5.41, 5.74) is 2.99. The van der Waals surface area contributed by atoms with Gasteiger partial charge in [0, 0.05) is 0 Å². The Balaban J connectivity index is 1.92. The van der Waals surface area contributed by atoms with E-state index in [1.807, 2.05) is 0 Å². The summed E-state index contributed by atoms with van der Waals surface area (Å²) in [6.45, 7) is 0. The standard InChI is InChI=1S/C15H12ClN3O3/c16-12-6-1-2-7-13(12)18-14(21)15(22)19-17-9-10-4-3-5-11(20)8-10/h1-9,20H,(H,18,21)(H,19,22)/b17-9+. The number of rotatable bonds is 3. The quantitative estimate of drug-likeness (QED) is 0.460. The normalized spacial score (nSPS) is 10.4. The van der Waals surface area contributed by atoms with Crippen LogP contribution in [0.3, 0.4) is 0 Å². The largest absolute Gasteiger partial charge is 0.508 e. The van der Waals surface area contributed by atoms with Crippen molar-refractivity contribution >= 4 is 35.3 Å². The molecule has 6 nitrogen and oxygen atoms in total. The molecular weight excluding hydrogens is 306 g/mol. The van der Waals surface area contributed by atoms with Crippen LogP contribution in [-0.2, 0) is 9.59 Å². The predicted molar refractivity (Wildman–Crippen MR) is 83.9 cm³/mol. The molecule has 0 fully saturated rings. The van der Waals surface area contributed by atoms with E-state index in [0.29, 0.717) is 16.3 Å². The molecule has 112 valence electrons. The van der Waals surface area contributed by atoms with Gasteiger partial charge in [-0.05, 0) is 29.8 Å². The minimum absolute atomic E-state index is 0.0757. The summed E-state index contributed by atoms with van der Waals surface area (Å²) in [6.07, 6.45) is 1.31. The van der Waals surface area contributed by atoms with Crippen molar-refractivity contribution in [1.29, 1.82) is 0 Å². The van der Waals surface area contributed by atoms with E-state index >= 15 is 0 Å². The van der Waals surface area contributed by atoms with Crippen molar-refractivity contribution in [3.8, 4) is 5.75 Å². The van der Waals surface area contributed by atoms with Gasteiger partial charge in [-0.15, -0.1) is 0 Å². The molecule has 0 aliphatic carbocycles. The molecule has 0 aliphatic heterocycles. The third-order valence-electron chi connectivity index (χ3n) is 2.58. The van der Waals surface area contributed by atoms with Gasteiger partial charge >= 0.3 is 11.8 Å². The number of anilines is 1. The minimum Gasteiger partial charge on any atom is -0.508 e. The van der Waals surface area contributed by atoms with Gasteiger partial charge < -0.3 is 10.4 Å². The number of nitrogens with one attached hydrogen (secondary N) is 2. The second-order valence-electron chi connectivity index (χ2n) is 4.23. The molecule has 2 amide bonds. The van der Waals surface area contributed by atoms with E-state index in [4.69, 9.17) is 11.6 Å². The molecule has 0 saturated carbocycles. The highest BCUT2D eigenvalue weighted by atomic mass is 35.5. The molecule has 0 aromatic heterocycles. The van der Waals surface area contributed by atoms with Gasteiger partial charge in [-0.2, -0.15) is 5.10 Å². The lowest BCUT2D eigenvalue weighted by Gasteiger charge is -2.05. The third-order valence-corrected chi connectivity index (χ3v) is 2.91. The molecule has 0 unspecified atom stereocenters. The Morgan fingerprint density at radius 2 is 1.86 bits per heavy atom. The van der Waals surface area contributed by atoms with Gasteiger partial charge in [0.05, 0.1) is 16.9 Å². The minimum atomic E-state index is -0.934. The van der Waals surface area contributed by atoms with Gasteiger partial charge in [0.15, 0.2) is 0 Å². The first-order valence-electron chi connectivity index (χ1n) is 6.24. The highest BCUT2D eigenvalue weighted by Gasteiger charge is 2.13. The fraction of sp³-hybridized carbons (Fsp3) is 0. The Labute approximate surface area is 131 Å². The summed E-state index contributed by atoms with van der Waals surface area (Å²) in [6, 6.07) is 12.8. The van der Waals surface area contributed by atoms with Gasteiger partial charge in [0.25, 0.3) is 0 Å². The fourth-order valence-electron chi connectivity index (χ4n) is 1.56. The fourth-order valence-corrected chi connectivity index (χ4v) is 1.75. The first-order chi connectivity index (χ1) is 10.6. The van der Waals surface area contributed by atoms with E-state index < -0.39 is 11.8 Å². The molecule has 2 rings (SSSR count). The van der Waals surface area contributed by atoms with Gasteiger partial charge in [0.2, 0.25) is 0 Å². The van der Waals surface area contributed by atoms with Crippen LogP contribution in [0.15, 0.2) is 53.6 Å². The van der Waals surface area contributed by atoms with Crippen molar-refractivity contribution in [1.82, 2.24) is 5.43 Å². The number of hydrazone groups is 1. The number of nitrogens with zero attached hydrogens (tertiary/aromatic N) is 1. The lowest BCUT2D eigenvalue weighted by atomic mass is 10.2. The van der Waals surface area contributed by atoms with Crippen LogP contribution in [0.25, 0.3) is 0 Å². The Hall–Kier alpha value is -2.86. The maximum absolute atomic E-state index is 11.7. The average Bonchev–Trinajstić information content (AvgIpc) is 2.49. The first-order valence-corrected chi connectivity index (χ1v) is 6.62. The van der Waals surface area contributed by atoms with E-state index in [9.17, 15) is 14.7 Å². The second kappa shape index (κ2) is 7.24. The molecule has 22 heavy (non-hydrogen) atoms. The Bertz CT molecular complexity index is 731. The van der Waals surface area contributed by atoms with Crippen LogP contribution >= 0.6 is 11.6 Å². The van der Waals surface area contributed by atoms with E-state index in [0.717, 1.165) is 0 Å². The molecule has 0 bridgehead atoms. The second-order valence-corrected chi connectivity index (χ2v) is 4.64. The van der Waals surface area contributed by atoms with Gasteiger partial charge in [0.1, 0.15) is 5.75 Å². The lowest BCUT2D eigenvalue weighted by Crippen LogP contribution is -2.32. The topological polar surface area (TPSA) is 90.8 Å². The summed E-state index contributed by atoms with van der Waals surface area (Å²) in [5.74, 6) is -1.75. The summed E-state index contributed by atoms with van der Waals surface area (Å²) < 4.78 is 0. The Morgan fingerprint density at radius 3 is 2.59 bits per heavy atom. The molecule has 2 aromatic carbocycles. The van der Waals surface area contributed by atoms with E-state index in [2.05, 4.69) is 15.8 Å². The number of amides is 2. The van der Waals surface area contributed by atoms with Crippen molar-refractivity contribution in [2.75, 3.05) is 5.32 Å². The Morgan fingerprint density at radius 1 is 1.09 bits per heavy atom. The molecule has 3 N–H and O–H groups in total. The zero-order valence-electron chi connectivity index (χ0n) is 11.3.